The highest BCUT2D eigenvalue weighted by atomic mass is 35.5. The second-order valence-corrected chi connectivity index (χ2v) is 6.29. The molecule has 0 saturated carbocycles. The van der Waals surface area contributed by atoms with Crippen LogP contribution in [0, 0.1) is 0 Å². The summed E-state index contributed by atoms with van der Waals surface area (Å²) in [5.74, 6) is 0. The van der Waals surface area contributed by atoms with Crippen LogP contribution in [0.2, 0.25) is 5.02 Å². The number of hydrogen-bond donors (Lipinski definition) is 1. The van der Waals surface area contributed by atoms with Crippen molar-refractivity contribution in [3.63, 3.8) is 0 Å². The van der Waals surface area contributed by atoms with Crippen LogP contribution in [-0.4, -0.2) is 18.1 Å². The highest BCUT2D eigenvalue weighted by Gasteiger charge is 2.30. The zero-order chi connectivity index (χ0) is 14.0. The maximum atomic E-state index is 6.21. The first-order chi connectivity index (χ1) is 9.02. The third-order valence-electron chi connectivity index (χ3n) is 4.12. The lowest BCUT2D eigenvalue weighted by atomic mass is 10.0. The summed E-state index contributed by atoms with van der Waals surface area (Å²) >= 11 is 6.21. The first kappa shape index (κ1) is 14.7. The van der Waals surface area contributed by atoms with Crippen LogP contribution in [0.15, 0.2) is 18.2 Å². The van der Waals surface area contributed by atoms with Crippen molar-refractivity contribution in [1.29, 1.82) is 0 Å². The smallest absolute Gasteiger partial charge is 0.0426 e. The molecule has 0 spiro atoms. The first-order valence-corrected chi connectivity index (χ1v) is 7.73. The molecule has 106 valence electrons. The molecule has 3 unspecified atom stereocenters. The Hall–Kier alpha value is -0.730. The summed E-state index contributed by atoms with van der Waals surface area (Å²) in [4.78, 5) is 2.56. The fourth-order valence-corrected chi connectivity index (χ4v) is 3.37. The molecule has 3 atom stereocenters. The summed E-state index contributed by atoms with van der Waals surface area (Å²) in [5.41, 5.74) is 8.60. The minimum absolute atomic E-state index is 0.179. The van der Waals surface area contributed by atoms with Crippen LogP contribution in [0.25, 0.3) is 0 Å². The molecule has 0 bridgehead atoms. The average molecular weight is 281 g/mol. The molecule has 2 nitrogen and oxygen atoms in total. The largest absolute Gasteiger partial charge is 0.366 e. The molecule has 0 aliphatic carbocycles. The van der Waals surface area contributed by atoms with E-state index in [2.05, 4.69) is 37.8 Å². The predicted molar refractivity (Wildman–Crippen MR) is 84.1 cm³/mol. The van der Waals surface area contributed by atoms with Crippen molar-refractivity contribution >= 4 is 17.3 Å². The fraction of sp³-hybridized carbons (Fsp3) is 0.625. The van der Waals surface area contributed by atoms with Gasteiger partial charge in [-0.2, -0.15) is 0 Å². The maximum absolute atomic E-state index is 6.21. The number of anilines is 1. The van der Waals surface area contributed by atoms with Gasteiger partial charge in [0.1, 0.15) is 0 Å². The molecule has 0 aromatic heterocycles. The summed E-state index contributed by atoms with van der Waals surface area (Å²) in [6.07, 6.45) is 4.64. The average Bonchev–Trinajstić information content (AvgIpc) is 2.72. The molecule has 2 rings (SSSR count). The number of nitrogens with two attached hydrogens (primary N) is 1. The third-order valence-corrected chi connectivity index (χ3v) is 4.36. The van der Waals surface area contributed by atoms with Crippen molar-refractivity contribution in [1.82, 2.24) is 0 Å². The number of rotatable bonds is 4. The molecule has 1 saturated heterocycles. The minimum atomic E-state index is 0.179. The van der Waals surface area contributed by atoms with Gasteiger partial charge in [-0.25, -0.2) is 0 Å². The van der Waals surface area contributed by atoms with E-state index in [0.29, 0.717) is 12.1 Å². The Kier molecular flexibility index (Phi) is 4.75. The Bertz CT molecular complexity index is 431. The summed E-state index contributed by atoms with van der Waals surface area (Å²) in [6, 6.07) is 7.64. The molecular weight excluding hydrogens is 256 g/mol. The lowest BCUT2D eigenvalue weighted by Gasteiger charge is -2.32. The fourth-order valence-electron chi connectivity index (χ4n) is 3.20. The third kappa shape index (κ3) is 3.24. The van der Waals surface area contributed by atoms with E-state index in [1.54, 1.807) is 0 Å². The molecule has 0 radical (unpaired) electrons. The van der Waals surface area contributed by atoms with E-state index in [9.17, 15) is 0 Å². The number of halogens is 1. The van der Waals surface area contributed by atoms with E-state index in [4.69, 9.17) is 17.3 Å². The zero-order valence-corrected chi connectivity index (χ0v) is 13.0. The summed E-state index contributed by atoms with van der Waals surface area (Å²) in [7, 11) is 0. The van der Waals surface area contributed by atoms with E-state index < -0.39 is 0 Å². The molecule has 1 heterocycles. The van der Waals surface area contributed by atoms with Gasteiger partial charge in [0.15, 0.2) is 0 Å². The van der Waals surface area contributed by atoms with Crippen LogP contribution in [0.1, 0.15) is 45.6 Å². The van der Waals surface area contributed by atoms with Crippen molar-refractivity contribution in [2.24, 2.45) is 5.73 Å². The van der Waals surface area contributed by atoms with Gasteiger partial charge in [0.05, 0.1) is 0 Å². The van der Waals surface area contributed by atoms with E-state index >= 15 is 0 Å². The van der Waals surface area contributed by atoms with Gasteiger partial charge in [-0.1, -0.05) is 24.6 Å². The van der Waals surface area contributed by atoms with Gasteiger partial charge >= 0.3 is 0 Å². The van der Waals surface area contributed by atoms with Gasteiger partial charge in [-0.3, -0.25) is 0 Å². The molecule has 1 aliphatic heterocycles. The van der Waals surface area contributed by atoms with E-state index in [1.165, 1.54) is 30.5 Å². The minimum Gasteiger partial charge on any atom is -0.366 e. The maximum Gasteiger partial charge on any atom is 0.0426 e. The lowest BCUT2D eigenvalue weighted by Crippen LogP contribution is -2.35. The molecule has 2 N–H and O–H groups in total. The van der Waals surface area contributed by atoms with Crippen molar-refractivity contribution < 1.29 is 0 Å². The Morgan fingerprint density at radius 2 is 2.16 bits per heavy atom. The second kappa shape index (κ2) is 6.15. The first-order valence-electron chi connectivity index (χ1n) is 7.35. The molecule has 3 heteroatoms. The van der Waals surface area contributed by atoms with Crippen molar-refractivity contribution in [2.45, 2.75) is 64.6 Å². The molecule has 1 aromatic rings. The number of nitrogens with zero attached hydrogens (tertiary/aromatic N) is 1. The quantitative estimate of drug-likeness (QED) is 0.903. The van der Waals surface area contributed by atoms with Crippen LogP contribution < -0.4 is 10.6 Å². The van der Waals surface area contributed by atoms with Crippen LogP contribution in [0.5, 0.6) is 0 Å². The van der Waals surface area contributed by atoms with Gasteiger partial charge in [-0.15, -0.1) is 0 Å². The van der Waals surface area contributed by atoms with Gasteiger partial charge in [0.2, 0.25) is 0 Å². The van der Waals surface area contributed by atoms with Gasteiger partial charge in [-0.05, 0) is 57.2 Å². The molecule has 0 amide bonds. The summed E-state index contributed by atoms with van der Waals surface area (Å²) in [6.45, 7) is 6.64. The van der Waals surface area contributed by atoms with Gasteiger partial charge in [0.25, 0.3) is 0 Å². The van der Waals surface area contributed by atoms with Crippen molar-refractivity contribution in [3.8, 4) is 0 Å². The SMILES string of the molecule is CCC1CCC(C)N1c1cc(Cl)ccc1CC(C)N. The molecular formula is C16H25ClN2. The van der Waals surface area contributed by atoms with E-state index in [0.717, 1.165) is 11.4 Å². The van der Waals surface area contributed by atoms with Crippen LogP contribution in [-0.2, 0) is 6.42 Å². The highest BCUT2D eigenvalue weighted by Crippen LogP contribution is 2.36. The predicted octanol–water partition coefficient (Wildman–Crippen LogP) is 4.00. The van der Waals surface area contributed by atoms with Gasteiger partial charge < -0.3 is 10.6 Å². The van der Waals surface area contributed by atoms with E-state index in [-0.39, 0.29) is 6.04 Å². The molecule has 1 aromatic carbocycles. The second-order valence-electron chi connectivity index (χ2n) is 5.85. The summed E-state index contributed by atoms with van der Waals surface area (Å²) < 4.78 is 0. The number of hydrogen-bond acceptors (Lipinski definition) is 2. The Morgan fingerprint density at radius 1 is 1.42 bits per heavy atom. The van der Waals surface area contributed by atoms with Crippen LogP contribution in [0.4, 0.5) is 5.69 Å². The standard InChI is InChI=1S/C16H25ClN2/c1-4-15-8-5-12(3)19(15)16-10-14(17)7-6-13(16)9-11(2)18/h6-7,10-12,15H,4-5,8-9,18H2,1-3H3. The molecule has 1 aliphatic rings. The Morgan fingerprint density at radius 3 is 2.79 bits per heavy atom. The summed E-state index contributed by atoms with van der Waals surface area (Å²) in [5, 5.41) is 0.817. The van der Waals surface area contributed by atoms with Crippen molar-refractivity contribution in [3.05, 3.63) is 28.8 Å². The van der Waals surface area contributed by atoms with Crippen LogP contribution in [0.3, 0.4) is 0 Å². The van der Waals surface area contributed by atoms with Crippen LogP contribution >= 0.6 is 11.6 Å². The van der Waals surface area contributed by atoms with Gasteiger partial charge in [0, 0.05) is 28.8 Å². The topological polar surface area (TPSA) is 29.3 Å². The number of benzene rings is 1. The normalized spacial score (nSPS) is 24.8. The Labute approximate surface area is 121 Å². The highest BCUT2D eigenvalue weighted by molar-refractivity contribution is 6.30. The molecule has 19 heavy (non-hydrogen) atoms. The lowest BCUT2D eigenvalue weighted by molar-refractivity contribution is 0.622. The molecule has 1 fully saturated rings. The van der Waals surface area contributed by atoms with Crippen molar-refractivity contribution in [2.75, 3.05) is 4.90 Å². The zero-order valence-electron chi connectivity index (χ0n) is 12.2. The van der Waals surface area contributed by atoms with E-state index in [1.807, 2.05) is 6.07 Å². The Balaban J connectivity index is 2.38. The monoisotopic (exact) mass is 280 g/mol.